The van der Waals surface area contributed by atoms with Gasteiger partial charge in [-0.25, -0.2) is 9.97 Å². The Balaban J connectivity index is 1.95. The number of nitrogens with zero attached hydrogens (tertiary/aromatic N) is 3. The molecule has 0 aromatic carbocycles. The van der Waals surface area contributed by atoms with E-state index in [1.165, 1.54) is 12.3 Å². The molecule has 0 bridgehead atoms. The number of aliphatic carboxylic acids is 1. The summed E-state index contributed by atoms with van der Waals surface area (Å²) in [6.45, 7) is 0.534. The number of anilines is 1. The second kappa shape index (κ2) is 5.45. The van der Waals surface area contributed by atoms with Gasteiger partial charge in [0.15, 0.2) is 0 Å². The van der Waals surface area contributed by atoms with Crippen LogP contribution in [0.5, 0.6) is 0 Å². The molecule has 1 aliphatic carbocycles. The molecule has 1 aromatic rings. The number of hydrogen-bond acceptors (Lipinski definition) is 5. The van der Waals surface area contributed by atoms with Crippen molar-refractivity contribution < 1.29 is 9.90 Å². The maximum atomic E-state index is 11.0. The summed E-state index contributed by atoms with van der Waals surface area (Å²) < 4.78 is 0. The topological polar surface area (TPSA) is 98.9 Å². The predicted octanol–water partition coefficient (Wildman–Crippen LogP) is 1.26. The molecule has 0 spiro atoms. The van der Waals surface area contributed by atoms with E-state index in [9.17, 15) is 4.79 Å². The van der Waals surface area contributed by atoms with Crippen molar-refractivity contribution in [1.82, 2.24) is 9.97 Å². The summed E-state index contributed by atoms with van der Waals surface area (Å²) in [4.78, 5) is 19.0. The van der Waals surface area contributed by atoms with Gasteiger partial charge in [0.1, 0.15) is 11.8 Å². The molecule has 2 N–H and O–H groups in total. The molecule has 0 saturated heterocycles. The van der Waals surface area contributed by atoms with Gasteiger partial charge in [0.05, 0.1) is 5.92 Å². The summed E-state index contributed by atoms with van der Waals surface area (Å²) in [5.41, 5.74) is 0.300. The molecule has 0 amide bonds. The molecule has 1 saturated carbocycles. The van der Waals surface area contributed by atoms with Crippen LogP contribution in [-0.2, 0) is 4.79 Å². The minimum absolute atomic E-state index is 0.108. The van der Waals surface area contributed by atoms with E-state index in [-0.39, 0.29) is 11.8 Å². The van der Waals surface area contributed by atoms with Crippen LogP contribution in [0.2, 0.25) is 0 Å². The van der Waals surface area contributed by atoms with Gasteiger partial charge in [0.25, 0.3) is 0 Å². The summed E-state index contributed by atoms with van der Waals surface area (Å²) in [5, 5.41) is 20.8. The molecule has 94 valence electrons. The van der Waals surface area contributed by atoms with Crippen molar-refractivity contribution in [2.45, 2.75) is 19.3 Å². The van der Waals surface area contributed by atoms with E-state index < -0.39 is 5.97 Å². The van der Waals surface area contributed by atoms with Gasteiger partial charge in [-0.2, -0.15) is 5.26 Å². The highest BCUT2D eigenvalue weighted by Gasteiger charge is 2.32. The van der Waals surface area contributed by atoms with Crippen molar-refractivity contribution in [2.24, 2.45) is 11.8 Å². The number of aromatic nitrogens is 2. The Hall–Kier alpha value is -2.16. The van der Waals surface area contributed by atoms with Crippen LogP contribution >= 0.6 is 0 Å². The molecule has 0 radical (unpaired) electrons. The lowest BCUT2D eigenvalue weighted by molar-refractivity contribution is -0.142. The maximum absolute atomic E-state index is 11.0. The molecule has 2 rings (SSSR count). The lowest BCUT2D eigenvalue weighted by atomic mass is 9.96. The molecule has 1 aliphatic rings. The number of hydrogen-bond donors (Lipinski definition) is 2. The van der Waals surface area contributed by atoms with Gasteiger partial charge in [0.2, 0.25) is 5.95 Å². The molecular weight excluding hydrogens is 232 g/mol. The summed E-state index contributed by atoms with van der Waals surface area (Å²) in [5.74, 6) is -0.524. The first-order valence-corrected chi connectivity index (χ1v) is 5.90. The SMILES string of the molecule is N#Cc1ccnc(NCC2CCCC2C(=O)O)n1. The van der Waals surface area contributed by atoms with Gasteiger partial charge in [-0.05, 0) is 24.8 Å². The van der Waals surface area contributed by atoms with Crippen LogP contribution in [0.3, 0.4) is 0 Å². The van der Waals surface area contributed by atoms with Crippen LogP contribution in [0.25, 0.3) is 0 Å². The van der Waals surface area contributed by atoms with Crippen molar-refractivity contribution in [3.8, 4) is 6.07 Å². The quantitative estimate of drug-likeness (QED) is 0.829. The normalized spacial score (nSPS) is 22.4. The Morgan fingerprint density at radius 3 is 3.17 bits per heavy atom. The van der Waals surface area contributed by atoms with Gasteiger partial charge in [-0.15, -0.1) is 0 Å². The highest BCUT2D eigenvalue weighted by molar-refractivity contribution is 5.70. The Labute approximate surface area is 105 Å². The molecular formula is C12H14N4O2. The fraction of sp³-hybridized carbons (Fsp3) is 0.500. The standard InChI is InChI=1S/C12H14N4O2/c13-6-9-4-5-14-12(16-9)15-7-8-2-1-3-10(8)11(17)18/h4-5,8,10H,1-3,7H2,(H,17,18)(H,14,15,16). The third-order valence-corrected chi connectivity index (χ3v) is 3.27. The minimum Gasteiger partial charge on any atom is -0.481 e. The van der Waals surface area contributed by atoms with E-state index in [1.54, 1.807) is 0 Å². The number of carboxylic acids is 1. The average Bonchev–Trinajstić information content (AvgIpc) is 2.85. The minimum atomic E-state index is -0.731. The zero-order valence-corrected chi connectivity index (χ0v) is 9.83. The zero-order chi connectivity index (χ0) is 13.0. The van der Waals surface area contributed by atoms with Crippen molar-refractivity contribution in [1.29, 1.82) is 5.26 Å². The highest BCUT2D eigenvalue weighted by Crippen LogP contribution is 2.31. The van der Waals surface area contributed by atoms with Gasteiger partial charge >= 0.3 is 5.97 Å². The largest absolute Gasteiger partial charge is 0.481 e. The Kier molecular flexibility index (Phi) is 3.72. The fourth-order valence-corrected chi connectivity index (χ4v) is 2.33. The van der Waals surface area contributed by atoms with Crippen molar-refractivity contribution in [2.75, 3.05) is 11.9 Å². The number of carboxylic acid groups (broad SMARTS) is 1. The molecule has 18 heavy (non-hydrogen) atoms. The van der Waals surface area contributed by atoms with Crippen molar-refractivity contribution in [3.05, 3.63) is 18.0 Å². The molecule has 2 unspecified atom stereocenters. The Morgan fingerprint density at radius 1 is 1.61 bits per heavy atom. The predicted molar refractivity (Wildman–Crippen MR) is 63.7 cm³/mol. The van der Waals surface area contributed by atoms with E-state index in [1.807, 2.05) is 6.07 Å². The first-order valence-electron chi connectivity index (χ1n) is 5.90. The average molecular weight is 246 g/mol. The summed E-state index contributed by atoms with van der Waals surface area (Å²) in [6.07, 6.45) is 4.10. The maximum Gasteiger partial charge on any atom is 0.306 e. The Morgan fingerprint density at radius 2 is 2.44 bits per heavy atom. The molecule has 1 fully saturated rings. The van der Waals surface area contributed by atoms with Crippen LogP contribution in [0.4, 0.5) is 5.95 Å². The van der Waals surface area contributed by atoms with Crippen LogP contribution in [0.15, 0.2) is 12.3 Å². The lowest BCUT2D eigenvalue weighted by Gasteiger charge is -2.16. The fourth-order valence-electron chi connectivity index (χ4n) is 2.33. The first-order chi connectivity index (χ1) is 8.70. The van der Waals surface area contributed by atoms with Gasteiger partial charge < -0.3 is 10.4 Å². The van der Waals surface area contributed by atoms with Gasteiger partial charge in [-0.3, -0.25) is 4.79 Å². The second-order valence-corrected chi connectivity index (χ2v) is 4.39. The van der Waals surface area contributed by atoms with E-state index in [0.29, 0.717) is 18.2 Å². The summed E-state index contributed by atoms with van der Waals surface area (Å²) >= 11 is 0. The van der Waals surface area contributed by atoms with Crippen LogP contribution in [0.1, 0.15) is 25.0 Å². The van der Waals surface area contributed by atoms with E-state index in [4.69, 9.17) is 10.4 Å². The Bertz CT molecular complexity index is 483. The van der Waals surface area contributed by atoms with Crippen LogP contribution in [0, 0.1) is 23.2 Å². The first kappa shape index (κ1) is 12.3. The smallest absolute Gasteiger partial charge is 0.306 e. The molecule has 6 heteroatoms. The van der Waals surface area contributed by atoms with E-state index in [0.717, 1.165) is 19.3 Å². The number of nitriles is 1. The summed E-state index contributed by atoms with van der Waals surface area (Å²) in [6, 6.07) is 3.47. The van der Waals surface area contributed by atoms with Gasteiger partial charge in [0, 0.05) is 12.7 Å². The lowest BCUT2D eigenvalue weighted by Crippen LogP contribution is -2.25. The van der Waals surface area contributed by atoms with Crippen LogP contribution < -0.4 is 5.32 Å². The molecule has 2 atom stereocenters. The number of rotatable bonds is 4. The molecule has 1 aromatic heterocycles. The molecule has 1 heterocycles. The van der Waals surface area contributed by atoms with Crippen molar-refractivity contribution >= 4 is 11.9 Å². The second-order valence-electron chi connectivity index (χ2n) is 4.39. The highest BCUT2D eigenvalue weighted by atomic mass is 16.4. The third-order valence-electron chi connectivity index (χ3n) is 3.27. The monoisotopic (exact) mass is 246 g/mol. The van der Waals surface area contributed by atoms with Crippen LogP contribution in [-0.4, -0.2) is 27.6 Å². The molecule has 0 aliphatic heterocycles. The van der Waals surface area contributed by atoms with Gasteiger partial charge in [-0.1, -0.05) is 6.42 Å². The number of nitrogens with one attached hydrogen (secondary N) is 1. The summed E-state index contributed by atoms with van der Waals surface area (Å²) in [7, 11) is 0. The molecule has 6 nitrogen and oxygen atoms in total. The van der Waals surface area contributed by atoms with E-state index in [2.05, 4.69) is 15.3 Å². The third kappa shape index (κ3) is 2.74. The number of carbonyl (C=O) groups is 1. The van der Waals surface area contributed by atoms with Crippen molar-refractivity contribution in [3.63, 3.8) is 0 Å². The van der Waals surface area contributed by atoms with E-state index >= 15 is 0 Å². The zero-order valence-electron chi connectivity index (χ0n) is 9.83.